The normalized spacial score (nSPS) is 14.9. The lowest BCUT2D eigenvalue weighted by molar-refractivity contribution is -0.151. The Morgan fingerprint density at radius 3 is 1.30 bits per heavy atom. The van der Waals surface area contributed by atoms with Crippen LogP contribution in [0.4, 0.5) is 4.39 Å². The highest BCUT2D eigenvalue weighted by Gasteiger charge is 2.36. The van der Waals surface area contributed by atoms with Crippen molar-refractivity contribution in [3.63, 3.8) is 0 Å². The minimum absolute atomic E-state index is 0.0370. The molecule has 0 heterocycles. The van der Waals surface area contributed by atoms with Crippen molar-refractivity contribution in [2.24, 2.45) is 22.2 Å². The van der Waals surface area contributed by atoms with Crippen molar-refractivity contribution >= 4 is 17.5 Å². The van der Waals surface area contributed by atoms with E-state index in [4.69, 9.17) is 5.11 Å². The molecule has 0 aliphatic carbocycles. The fourth-order valence-electron chi connectivity index (χ4n) is 2.68. The van der Waals surface area contributed by atoms with Crippen LogP contribution in [-0.2, 0) is 14.4 Å². The van der Waals surface area contributed by atoms with Gasteiger partial charge in [-0.25, -0.2) is 9.18 Å². The van der Waals surface area contributed by atoms with Crippen molar-refractivity contribution in [2.75, 3.05) is 0 Å². The van der Waals surface area contributed by atoms with Gasteiger partial charge in [-0.2, -0.15) is 0 Å². The molecule has 0 rings (SSSR count). The van der Waals surface area contributed by atoms with Crippen LogP contribution in [-0.4, -0.2) is 28.3 Å². The van der Waals surface area contributed by atoms with Crippen LogP contribution in [0.3, 0.4) is 0 Å². The van der Waals surface area contributed by atoms with E-state index in [-0.39, 0.29) is 23.2 Å². The highest BCUT2D eigenvalue weighted by atomic mass is 19.1. The Hall–Kier alpha value is -1.26. The minimum Gasteiger partial charge on any atom is -0.479 e. The Bertz CT molecular complexity index is 529. The summed E-state index contributed by atoms with van der Waals surface area (Å²) >= 11 is 0. The summed E-state index contributed by atoms with van der Waals surface area (Å²) in [5.74, 6) is -0.563. The Morgan fingerprint density at radius 2 is 1.20 bits per heavy atom. The second-order valence-electron chi connectivity index (χ2n) is 12.3. The standard InChI is InChI=1S/C9H18O.C8H15FO2.C8H16O/c1-7(8(2)10)6-9(3,4)5;1-7(2,3)5-8(4,9)6(10)11;1-7(9)5-6-8(2,3)4/h7H,6H2,1-5H3;5H2,1-4H3,(H,10,11);5-6H2,1-4H3. The van der Waals surface area contributed by atoms with Crippen LogP contribution in [0.25, 0.3) is 0 Å². The number of hydrogen-bond donors (Lipinski definition) is 1. The molecule has 1 N–H and O–H groups in total. The Kier molecular flexibility index (Phi) is 14.7. The average molecular weight is 433 g/mol. The van der Waals surface area contributed by atoms with Crippen LogP contribution in [0.2, 0.25) is 0 Å². The summed E-state index contributed by atoms with van der Waals surface area (Å²) in [5.41, 5.74) is -1.79. The number of carbonyl (C=O) groups excluding carboxylic acids is 2. The molecule has 180 valence electrons. The molecule has 0 bridgehead atoms. The number of ketones is 2. The molecule has 30 heavy (non-hydrogen) atoms. The molecule has 4 nitrogen and oxygen atoms in total. The van der Waals surface area contributed by atoms with Gasteiger partial charge < -0.3 is 9.90 Å². The summed E-state index contributed by atoms with van der Waals surface area (Å²) in [6, 6.07) is 0. The van der Waals surface area contributed by atoms with Crippen molar-refractivity contribution in [1.29, 1.82) is 0 Å². The molecule has 0 fully saturated rings. The van der Waals surface area contributed by atoms with Crippen LogP contribution in [0.15, 0.2) is 0 Å². The van der Waals surface area contributed by atoms with Crippen LogP contribution in [0, 0.1) is 22.2 Å². The zero-order valence-corrected chi connectivity index (χ0v) is 22.0. The van der Waals surface area contributed by atoms with E-state index in [1.807, 2.05) is 27.7 Å². The minimum atomic E-state index is -2.10. The Balaban J connectivity index is -0.000000366. The quantitative estimate of drug-likeness (QED) is 0.478. The number of carboxylic acid groups (broad SMARTS) is 1. The monoisotopic (exact) mass is 432 g/mol. The maximum atomic E-state index is 13.1. The van der Waals surface area contributed by atoms with E-state index in [1.165, 1.54) is 0 Å². The number of alkyl halides is 1. The molecule has 0 amide bonds. The Morgan fingerprint density at radius 1 is 0.800 bits per heavy atom. The summed E-state index contributed by atoms with van der Waals surface area (Å²) in [6.45, 7) is 24.8. The van der Waals surface area contributed by atoms with E-state index in [2.05, 4.69) is 41.5 Å². The largest absolute Gasteiger partial charge is 0.479 e. The van der Waals surface area contributed by atoms with Gasteiger partial charge in [0.15, 0.2) is 0 Å². The van der Waals surface area contributed by atoms with Gasteiger partial charge in [-0.3, -0.25) is 4.79 Å². The molecule has 0 aromatic rings. The van der Waals surface area contributed by atoms with E-state index < -0.39 is 11.6 Å². The predicted octanol–water partition coefficient (Wildman–Crippen LogP) is 7.28. The fourth-order valence-corrected chi connectivity index (χ4v) is 2.68. The van der Waals surface area contributed by atoms with Gasteiger partial charge >= 0.3 is 5.97 Å². The van der Waals surface area contributed by atoms with Gasteiger partial charge in [0.05, 0.1) is 0 Å². The topological polar surface area (TPSA) is 71.4 Å². The first-order chi connectivity index (χ1) is 12.9. The second kappa shape index (κ2) is 13.2. The third kappa shape index (κ3) is 26.7. The summed E-state index contributed by atoms with van der Waals surface area (Å²) in [6.07, 6.45) is 2.75. The van der Waals surface area contributed by atoms with E-state index in [0.29, 0.717) is 17.0 Å². The van der Waals surface area contributed by atoms with Crippen LogP contribution in [0.1, 0.15) is 116 Å². The van der Waals surface area contributed by atoms with Gasteiger partial charge in [-0.1, -0.05) is 69.2 Å². The number of halogens is 1. The van der Waals surface area contributed by atoms with Gasteiger partial charge in [0, 0.05) is 12.3 Å². The summed E-state index contributed by atoms with van der Waals surface area (Å²) < 4.78 is 13.1. The van der Waals surface area contributed by atoms with Crippen LogP contribution >= 0.6 is 0 Å². The first-order valence-corrected chi connectivity index (χ1v) is 10.8. The van der Waals surface area contributed by atoms with Gasteiger partial charge in [0.25, 0.3) is 0 Å². The molecular formula is C25H49FO4. The molecule has 5 heteroatoms. The summed E-state index contributed by atoms with van der Waals surface area (Å²) in [4.78, 5) is 31.6. The first kappa shape index (κ1) is 33.4. The van der Waals surface area contributed by atoms with Crippen molar-refractivity contribution < 1.29 is 23.9 Å². The molecule has 0 aromatic carbocycles. The molecule has 0 aliphatic heterocycles. The van der Waals surface area contributed by atoms with E-state index in [9.17, 15) is 18.8 Å². The lowest BCUT2D eigenvalue weighted by Gasteiger charge is -2.25. The van der Waals surface area contributed by atoms with E-state index >= 15 is 0 Å². The van der Waals surface area contributed by atoms with Crippen molar-refractivity contribution in [2.45, 2.75) is 121 Å². The highest BCUT2D eigenvalue weighted by Crippen LogP contribution is 2.29. The number of hydrogen-bond acceptors (Lipinski definition) is 3. The maximum Gasteiger partial charge on any atom is 0.341 e. The second-order valence-corrected chi connectivity index (χ2v) is 12.3. The van der Waals surface area contributed by atoms with Crippen molar-refractivity contribution in [3.8, 4) is 0 Å². The van der Waals surface area contributed by atoms with Crippen LogP contribution in [0.5, 0.6) is 0 Å². The third-order valence-electron chi connectivity index (χ3n) is 4.15. The molecular weight excluding hydrogens is 383 g/mol. The zero-order valence-electron chi connectivity index (χ0n) is 22.0. The predicted molar refractivity (Wildman–Crippen MR) is 125 cm³/mol. The molecule has 0 aromatic heterocycles. The molecule has 0 saturated carbocycles. The van der Waals surface area contributed by atoms with Crippen molar-refractivity contribution in [1.82, 2.24) is 0 Å². The zero-order chi connectivity index (χ0) is 25.1. The van der Waals surface area contributed by atoms with Crippen LogP contribution < -0.4 is 0 Å². The van der Waals surface area contributed by atoms with Crippen molar-refractivity contribution in [3.05, 3.63) is 0 Å². The van der Waals surface area contributed by atoms with E-state index in [0.717, 1.165) is 26.2 Å². The average Bonchev–Trinajstić information content (AvgIpc) is 2.41. The SMILES string of the molecule is CC(=O)C(C)CC(C)(C)C.CC(=O)CCC(C)(C)C.CC(C)(C)CC(C)(F)C(=O)O. The number of aliphatic carboxylic acids is 1. The molecule has 0 aliphatic rings. The molecule has 0 radical (unpaired) electrons. The smallest absolute Gasteiger partial charge is 0.341 e. The lowest BCUT2D eigenvalue weighted by Crippen LogP contribution is -2.34. The summed E-state index contributed by atoms with van der Waals surface area (Å²) in [7, 11) is 0. The van der Waals surface area contributed by atoms with Gasteiger partial charge in [0.1, 0.15) is 11.6 Å². The lowest BCUT2D eigenvalue weighted by atomic mass is 9.84. The number of carbonyl (C=O) groups is 3. The van der Waals surface area contributed by atoms with Gasteiger partial charge in [-0.05, 0) is 56.3 Å². The first-order valence-electron chi connectivity index (χ1n) is 10.8. The number of Topliss-reactive ketones (excluding diaryl/α,β-unsaturated/α-hetero) is 2. The number of carboxylic acids is 1. The van der Waals surface area contributed by atoms with E-state index in [1.54, 1.807) is 13.8 Å². The maximum absolute atomic E-state index is 13.1. The fraction of sp³-hybridized carbons (Fsp3) is 0.880. The molecule has 0 spiro atoms. The molecule has 2 atom stereocenters. The molecule has 0 saturated heterocycles. The number of rotatable bonds is 6. The molecule has 2 unspecified atom stereocenters. The van der Waals surface area contributed by atoms with Gasteiger partial charge in [0.2, 0.25) is 5.67 Å². The summed E-state index contributed by atoms with van der Waals surface area (Å²) in [5, 5.41) is 8.43. The highest BCUT2D eigenvalue weighted by molar-refractivity contribution is 5.78. The Labute approximate surface area is 185 Å². The van der Waals surface area contributed by atoms with Gasteiger partial charge in [-0.15, -0.1) is 0 Å². The third-order valence-corrected chi connectivity index (χ3v) is 4.15.